The maximum atomic E-state index is 13.0. The van der Waals surface area contributed by atoms with E-state index < -0.39 is 23.9 Å². The molecule has 0 bridgehead atoms. The van der Waals surface area contributed by atoms with Crippen molar-refractivity contribution < 1.29 is 19.1 Å². The molecule has 2 N–H and O–H groups in total. The van der Waals surface area contributed by atoms with Gasteiger partial charge >= 0.3 is 11.9 Å². The van der Waals surface area contributed by atoms with Crippen molar-refractivity contribution in [1.82, 2.24) is 20.6 Å². The van der Waals surface area contributed by atoms with Gasteiger partial charge in [0.05, 0.1) is 10.4 Å². The second-order valence-electron chi connectivity index (χ2n) is 10.1. The van der Waals surface area contributed by atoms with Crippen molar-refractivity contribution in [2.24, 2.45) is 5.92 Å². The average Bonchev–Trinajstić information content (AvgIpc) is 2.83. The molecule has 0 spiro atoms. The first-order valence-corrected chi connectivity index (χ1v) is 12.8. The molecule has 1 aromatic heterocycles. The Morgan fingerprint density at radius 1 is 1.03 bits per heavy atom. The third-order valence-electron chi connectivity index (χ3n) is 6.19. The number of rotatable bonds is 7. The largest absolute Gasteiger partial charge is 0.391 e. The molecule has 2 heterocycles. The van der Waals surface area contributed by atoms with Crippen LogP contribution in [0.4, 0.5) is 0 Å². The van der Waals surface area contributed by atoms with Gasteiger partial charge in [-0.15, -0.1) is 0 Å². The number of esters is 2. The summed E-state index contributed by atoms with van der Waals surface area (Å²) < 4.78 is 5.92. The zero-order chi connectivity index (χ0) is 26.6. The van der Waals surface area contributed by atoms with Gasteiger partial charge in [0, 0.05) is 43.0 Å². The van der Waals surface area contributed by atoms with E-state index in [9.17, 15) is 14.4 Å². The molecule has 1 saturated heterocycles. The van der Waals surface area contributed by atoms with Crippen LogP contribution in [0.15, 0.2) is 65.4 Å². The van der Waals surface area contributed by atoms with Gasteiger partial charge in [0.15, 0.2) is 5.82 Å². The van der Waals surface area contributed by atoms with Crippen LogP contribution in [0.25, 0.3) is 11.4 Å². The molecule has 9 heteroatoms. The Kier molecular flexibility index (Phi) is 8.14. The van der Waals surface area contributed by atoms with Crippen molar-refractivity contribution in [3.63, 3.8) is 0 Å². The molecular weight excluding hydrogens is 536 g/mol. The molecule has 192 valence electrons. The number of nitrogens with zero attached hydrogens (tertiary/aromatic N) is 2. The van der Waals surface area contributed by atoms with E-state index in [1.807, 2.05) is 36.4 Å². The summed E-state index contributed by atoms with van der Waals surface area (Å²) in [7, 11) is 0. The van der Waals surface area contributed by atoms with Gasteiger partial charge in [-0.25, -0.2) is 14.8 Å². The molecule has 1 aliphatic heterocycles. The van der Waals surface area contributed by atoms with E-state index in [2.05, 4.69) is 57.3 Å². The van der Waals surface area contributed by atoms with Gasteiger partial charge in [0.2, 0.25) is 0 Å². The van der Waals surface area contributed by atoms with Crippen molar-refractivity contribution >= 4 is 33.8 Å². The number of ether oxygens (including phenoxy) is 1. The van der Waals surface area contributed by atoms with Crippen LogP contribution in [0, 0.1) is 5.92 Å². The lowest BCUT2D eigenvalue weighted by molar-refractivity contribution is -0.165. The highest BCUT2D eigenvalue weighted by Crippen LogP contribution is 2.22. The second kappa shape index (κ2) is 11.3. The van der Waals surface area contributed by atoms with E-state index in [0.717, 1.165) is 21.2 Å². The van der Waals surface area contributed by atoms with Crippen LogP contribution in [-0.2, 0) is 26.2 Å². The number of hydrogen-bond donors (Lipinski definition) is 2. The number of amides is 1. The van der Waals surface area contributed by atoms with Crippen molar-refractivity contribution in [1.29, 1.82) is 0 Å². The summed E-state index contributed by atoms with van der Waals surface area (Å²) in [4.78, 5) is 46.9. The number of nitrogens with one attached hydrogen (secondary N) is 2. The summed E-state index contributed by atoms with van der Waals surface area (Å²) in [6, 6.07) is 13.6. The van der Waals surface area contributed by atoms with Gasteiger partial charge in [-0.3, -0.25) is 9.59 Å². The Morgan fingerprint density at radius 2 is 1.65 bits per heavy atom. The lowest BCUT2D eigenvalue weighted by atomic mass is 9.86. The van der Waals surface area contributed by atoms with Crippen LogP contribution in [0.3, 0.4) is 0 Å². The molecule has 2 aromatic carbocycles. The molecule has 0 saturated carbocycles. The van der Waals surface area contributed by atoms with Crippen molar-refractivity contribution in [2.45, 2.75) is 38.6 Å². The first-order valence-electron chi connectivity index (χ1n) is 12.0. The van der Waals surface area contributed by atoms with Crippen LogP contribution in [0.2, 0.25) is 0 Å². The Hall–Kier alpha value is -3.43. The standard InChI is InChI=1S/C28H29BrN4O4/c1-28(2,3)21-10-8-19(9-11-21)25(34)33-23(27(36)37-26(35)20-13-30-14-20)12-17-4-6-18(7-5-17)24-31-15-22(29)16-32-24/h4-11,15-16,20,23,30H,12-14H2,1-3H3,(H,33,34)/t23-/m0/s1. The molecule has 3 aromatic rings. The Balaban J connectivity index is 1.50. The number of halogens is 1. The molecule has 0 radical (unpaired) electrons. The monoisotopic (exact) mass is 564 g/mol. The predicted octanol–water partition coefficient (Wildman–Crippen LogP) is 3.83. The number of hydrogen-bond acceptors (Lipinski definition) is 7. The minimum absolute atomic E-state index is 0.0501. The molecule has 8 nitrogen and oxygen atoms in total. The first-order chi connectivity index (χ1) is 17.6. The van der Waals surface area contributed by atoms with Crippen LogP contribution in [0.1, 0.15) is 42.3 Å². The van der Waals surface area contributed by atoms with Crippen LogP contribution in [0.5, 0.6) is 0 Å². The number of carbonyl (C=O) groups excluding carboxylic acids is 3. The highest BCUT2D eigenvalue weighted by Gasteiger charge is 2.32. The van der Waals surface area contributed by atoms with Gasteiger partial charge in [0.1, 0.15) is 6.04 Å². The highest BCUT2D eigenvalue weighted by molar-refractivity contribution is 9.10. The number of aromatic nitrogens is 2. The third kappa shape index (κ3) is 6.87. The minimum atomic E-state index is -1.04. The average molecular weight is 565 g/mol. The fourth-order valence-corrected chi connectivity index (χ4v) is 3.96. The van der Waals surface area contributed by atoms with Crippen molar-refractivity contribution in [3.05, 3.63) is 82.1 Å². The Bertz CT molecular complexity index is 1270. The van der Waals surface area contributed by atoms with Gasteiger partial charge < -0.3 is 15.4 Å². The maximum Gasteiger partial charge on any atom is 0.336 e. The molecular formula is C28H29BrN4O4. The van der Waals surface area contributed by atoms with E-state index in [1.165, 1.54) is 0 Å². The fraction of sp³-hybridized carbons (Fsp3) is 0.321. The number of carbonyl (C=O) groups is 3. The molecule has 37 heavy (non-hydrogen) atoms. The molecule has 0 unspecified atom stereocenters. The molecule has 1 amide bonds. The van der Waals surface area contributed by atoms with Crippen LogP contribution in [-0.4, -0.2) is 46.9 Å². The molecule has 1 atom stereocenters. The topological polar surface area (TPSA) is 110 Å². The Labute approximate surface area is 224 Å². The first kappa shape index (κ1) is 26.6. The summed E-state index contributed by atoms with van der Waals surface area (Å²) in [5.41, 5.74) is 3.05. The summed E-state index contributed by atoms with van der Waals surface area (Å²) in [6.07, 6.45) is 3.49. The maximum absolute atomic E-state index is 13.0. The van der Waals surface area contributed by atoms with E-state index in [-0.39, 0.29) is 17.8 Å². The molecule has 4 rings (SSSR count). The van der Waals surface area contributed by atoms with Crippen LogP contribution >= 0.6 is 15.9 Å². The summed E-state index contributed by atoms with van der Waals surface area (Å²) in [6.45, 7) is 7.23. The third-order valence-corrected chi connectivity index (χ3v) is 6.60. The Morgan fingerprint density at radius 3 is 2.19 bits per heavy atom. The summed E-state index contributed by atoms with van der Waals surface area (Å²) >= 11 is 3.32. The van der Waals surface area contributed by atoms with Crippen molar-refractivity contribution in [3.8, 4) is 11.4 Å². The van der Waals surface area contributed by atoms with E-state index in [4.69, 9.17) is 4.74 Å². The van der Waals surface area contributed by atoms with Gasteiger partial charge in [-0.05, 0) is 44.6 Å². The summed E-state index contributed by atoms with van der Waals surface area (Å²) in [5, 5.41) is 5.74. The zero-order valence-corrected chi connectivity index (χ0v) is 22.5. The lowest BCUT2D eigenvalue weighted by Crippen LogP contribution is -2.50. The smallest absolute Gasteiger partial charge is 0.336 e. The van der Waals surface area contributed by atoms with Gasteiger partial charge in [-0.2, -0.15) is 0 Å². The molecule has 1 aliphatic rings. The van der Waals surface area contributed by atoms with Gasteiger partial charge in [-0.1, -0.05) is 57.2 Å². The molecule has 1 fully saturated rings. The fourth-order valence-electron chi connectivity index (χ4n) is 3.75. The van der Waals surface area contributed by atoms with E-state index in [1.54, 1.807) is 24.5 Å². The zero-order valence-electron chi connectivity index (χ0n) is 21.0. The van der Waals surface area contributed by atoms with Crippen LogP contribution < -0.4 is 10.6 Å². The van der Waals surface area contributed by atoms with Gasteiger partial charge in [0.25, 0.3) is 5.91 Å². The minimum Gasteiger partial charge on any atom is -0.391 e. The molecule has 0 aliphatic carbocycles. The van der Waals surface area contributed by atoms with Crippen molar-refractivity contribution in [2.75, 3.05) is 13.1 Å². The SMILES string of the molecule is CC(C)(C)c1ccc(C(=O)N[C@@H](Cc2ccc(-c3ncc(Br)cn3)cc2)C(=O)OC(=O)C2CNC2)cc1. The normalized spacial score (nSPS) is 14.4. The highest BCUT2D eigenvalue weighted by atomic mass is 79.9. The summed E-state index contributed by atoms with van der Waals surface area (Å²) in [5.74, 6) is -1.56. The predicted molar refractivity (Wildman–Crippen MR) is 143 cm³/mol. The second-order valence-corrected chi connectivity index (χ2v) is 11.0. The van der Waals surface area contributed by atoms with E-state index >= 15 is 0 Å². The quantitative estimate of drug-likeness (QED) is 0.331. The lowest BCUT2D eigenvalue weighted by Gasteiger charge is -2.25. The number of benzene rings is 2. The van der Waals surface area contributed by atoms with E-state index in [0.29, 0.717) is 24.5 Å².